The van der Waals surface area contributed by atoms with E-state index in [2.05, 4.69) is 21.2 Å². The van der Waals surface area contributed by atoms with Crippen LogP contribution in [0.2, 0.25) is 0 Å². The minimum Gasteiger partial charge on any atom is -0.493 e. The number of anilines is 1. The van der Waals surface area contributed by atoms with Crippen molar-refractivity contribution in [3.05, 3.63) is 76.9 Å². The predicted molar refractivity (Wildman–Crippen MR) is 155 cm³/mol. The number of hydrogen-bond donors (Lipinski definition) is 3. The van der Waals surface area contributed by atoms with Gasteiger partial charge < -0.3 is 29.6 Å². The normalized spacial score (nSPS) is 10.6. The van der Waals surface area contributed by atoms with Crippen LogP contribution in [0.3, 0.4) is 0 Å². The quantitative estimate of drug-likeness (QED) is 0.175. The molecule has 3 aromatic rings. The highest BCUT2D eigenvalue weighted by atomic mass is 16.5. The van der Waals surface area contributed by atoms with E-state index in [0.29, 0.717) is 35.0 Å². The van der Waals surface area contributed by atoms with Crippen molar-refractivity contribution in [1.82, 2.24) is 10.7 Å². The molecule has 0 bridgehead atoms. The zero-order valence-electron chi connectivity index (χ0n) is 23.7. The Kier molecular flexibility index (Phi) is 11.1. The van der Waals surface area contributed by atoms with Gasteiger partial charge in [0, 0.05) is 12.2 Å². The fraction of sp³-hybridized carbons (Fsp3) is 0.267. The summed E-state index contributed by atoms with van der Waals surface area (Å²) in [5.41, 5.74) is 6.46. The summed E-state index contributed by atoms with van der Waals surface area (Å²) >= 11 is 0. The first-order valence-electron chi connectivity index (χ1n) is 12.7. The van der Waals surface area contributed by atoms with E-state index >= 15 is 0 Å². The third-order valence-corrected chi connectivity index (χ3v) is 6.16. The molecule has 0 heterocycles. The molecule has 0 saturated heterocycles. The number of amides is 3. The first-order chi connectivity index (χ1) is 19.7. The summed E-state index contributed by atoms with van der Waals surface area (Å²) in [6.45, 7) is 3.94. The monoisotopic (exact) mass is 562 g/mol. The molecule has 0 saturated carbocycles. The van der Waals surface area contributed by atoms with Gasteiger partial charge in [0.15, 0.2) is 29.6 Å². The number of carbonyl (C=O) groups is 3. The van der Waals surface area contributed by atoms with Crippen molar-refractivity contribution < 1.29 is 33.3 Å². The second-order valence-electron chi connectivity index (χ2n) is 8.89. The van der Waals surface area contributed by atoms with E-state index in [-0.39, 0.29) is 19.1 Å². The van der Waals surface area contributed by atoms with Gasteiger partial charge in [-0.1, -0.05) is 18.2 Å². The molecular formula is C30H34N4O7. The summed E-state index contributed by atoms with van der Waals surface area (Å²) in [5.74, 6) is -0.118. The maximum absolute atomic E-state index is 12.4. The number of aryl methyl sites for hydroxylation is 1. The van der Waals surface area contributed by atoms with Crippen LogP contribution in [0.1, 0.15) is 22.3 Å². The van der Waals surface area contributed by atoms with Crippen LogP contribution < -0.4 is 35.0 Å². The van der Waals surface area contributed by atoms with Gasteiger partial charge >= 0.3 is 11.8 Å². The summed E-state index contributed by atoms with van der Waals surface area (Å²) < 4.78 is 21.5. The average molecular weight is 563 g/mol. The summed E-state index contributed by atoms with van der Waals surface area (Å²) in [4.78, 5) is 36.6. The zero-order chi connectivity index (χ0) is 29.8. The lowest BCUT2D eigenvalue weighted by Gasteiger charge is -2.13. The highest BCUT2D eigenvalue weighted by molar-refractivity contribution is 6.35. The van der Waals surface area contributed by atoms with Crippen LogP contribution in [0, 0.1) is 13.8 Å². The average Bonchev–Trinajstić information content (AvgIpc) is 2.98. The number of rotatable bonds is 12. The standard InChI is InChI=1S/C30H34N4O7/c1-19-7-6-8-23(20(19)2)33-28(35)18-41-25-12-10-22(16-27(25)40-5)17-32-34-30(37)29(36)31-14-13-21-9-11-24(38-3)26(15-21)39-4/h6-12,15-17H,13-14,18H2,1-5H3,(H,31,36)(H,33,35)(H,34,37)/b32-17-. The van der Waals surface area contributed by atoms with E-state index < -0.39 is 11.8 Å². The molecule has 0 fully saturated rings. The molecule has 3 aromatic carbocycles. The van der Waals surface area contributed by atoms with Gasteiger partial charge in [-0.05, 0) is 78.9 Å². The summed E-state index contributed by atoms with van der Waals surface area (Å²) in [7, 11) is 4.56. The van der Waals surface area contributed by atoms with Crippen LogP contribution in [-0.2, 0) is 20.8 Å². The van der Waals surface area contributed by atoms with Crippen LogP contribution in [0.15, 0.2) is 59.7 Å². The Morgan fingerprint density at radius 1 is 0.829 bits per heavy atom. The van der Waals surface area contributed by atoms with Gasteiger partial charge in [-0.25, -0.2) is 5.43 Å². The third-order valence-electron chi connectivity index (χ3n) is 6.16. The molecule has 0 atom stereocenters. The lowest BCUT2D eigenvalue weighted by molar-refractivity contribution is -0.139. The fourth-order valence-electron chi connectivity index (χ4n) is 3.75. The minimum absolute atomic E-state index is 0.214. The number of carbonyl (C=O) groups excluding carboxylic acids is 3. The van der Waals surface area contributed by atoms with E-state index in [1.165, 1.54) is 13.3 Å². The Labute approximate surface area is 238 Å². The van der Waals surface area contributed by atoms with Crippen molar-refractivity contribution in [3.63, 3.8) is 0 Å². The summed E-state index contributed by atoms with van der Waals surface area (Å²) in [5, 5.41) is 9.22. The highest BCUT2D eigenvalue weighted by Gasteiger charge is 2.13. The van der Waals surface area contributed by atoms with Crippen molar-refractivity contribution >= 4 is 29.6 Å². The smallest absolute Gasteiger partial charge is 0.329 e. The van der Waals surface area contributed by atoms with Crippen molar-refractivity contribution in [2.24, 2.45) is 5.10 Å². The number of hydrogen-bond acceptors (Lipinski definition) is 8. The maximum atomic E-state index is 12.4. The molecule has 11 heteroatoms. The van der Waals surface area contributed by atoms with Crippen molar-refractivity contribution in [2.75, 3.05) is 39.8 Å². The van der Waals surface area contributed by atoms with Gasteiger partial charge in [0.05, 0.1) is 27.5 Å². The van der Waals surface area contributed by atoms with E-state index in [1.807, 2.05) is 38.1 Å². The van der Waals surface area contributed by atoms with E-state index in [0.717, 1.165) is 22.4 Å². The third kappa shape index (κ3) is 8.72. The van der Waals surface area contributed by atoms with Gasteiger partial charge in [-0.15, -0.1) is 0 Å². The van der Waals surface area contributed by atoms with Crippen LogP contribution >= 0.6 is 0 Å². The Bertz CT molecular complexity index is 1420. The molecule has 3 N–H and O–H groups in total. The molecule has 0 aromatic heterocycles. The summed E-state index contributed by atoms with van der Waals surface area (Å²) in [6, 6.07) is 16.0. The molecule has 0 aliphatic rings. The lowest BCUT2D eigenvalue weighted by Crippen LogP contribution is -2.38. The van der Waals surface area contributed by atoms with E-state index in [4.69, 9.17) is 18.9 Å². The molecule has 0 aliphatic heterocycles. The minimum atomic E-state index is -0.907. The van der Waals surface area contributed by atoms with Gasteiger partial charge in [-0.2, -0.15) is 5.10 Å². The molecular weight excluding hydrogens is 528 g/mol. The van der Waals surface area contributed by atoms with Crippen LogP contribution in [0.5, 0.6) is 23.0 Å². The number of ether oxygens (including phenoxy) is 4. The van der Waals surface area contributed by atoms with Gasteiger partial charge in [-0.3, -0.25) is 14.4 Å². The second-order valence-corrected chi connectivity index (χ2v) is 8.89. The topological polar surface area (TPSA) is 137 Å². The second kappa shape index (κ2) is 14.9. The van der Waals surface area contributed by atoms with Gasteiger partial charge in [0.1, 0.15) is 0 Å². The number of hydrazone groups is 1. The van der Waals surface area contributed by atoms with E-state index in [1.54, 1.807) is 44.6 Å². The molecule has 3 rings (SSSR count). The van der Waals surface area contributed by atoms with Gasteiger partial charge in [0.25, 0.3) is 5.91 Å². The van der Waals surface area contributed by atoms with Gasteiger partial charge in [0.2, 0.25) is 0 Å². The Morgan fingerprint density at radius 3 is 2.27 bits per heavy atom. The molecule has 0 unspecified atom stereocenters. The Morgan fingerprint density at radius 2 is 1.54 bits per heavy atom. The molecule has 0 aliphatic carbocycles. The SMILES string of the molecule is COc1ccc(CCNC(=O)C(=O)N/N=C\c2ccc(OCC(=O)Nc3cccc(C)c3C)c(OC)c2)cc1OC. The molecule has 11 nitrogen and oxygen atoms in total. The molecule has 0 spiro atoms. The highest BCUT2D eigenvalue weighted by Crippen LogP contribution is 2.28. The van der Waals surface area contributed by atoms with Crippen molar-refractivity contribution in [1.29, 1.82) is 0 Å². The van der Waals surface area contributed by atoms with Crippen molar-refractivity contribution in [3.8, 4) is 23.0 Å². The molecule has 41 heavy (non-hydrogen) atoms. The molecule has 3 amide bonds. The van der Waals surface area contributed by atoms with Crippen LogP contribution in [-0.4, -0.2) is 58.4 Å². The van der Waals surface area contributed by atoms with Crippen LogP contribution in [0.4, 0.5) is 5.69 Å². The lowest BCUT2D eigenvalue weighted by atomic mass is 10.1. The number of nitrogens with zero attached hydrogens (tertiary/aromatic N) is 1. The maximum Gasteiger partial charge on any atom is 0.329 e. The number of nitrogens with one attached hydrogen (secondary N) is 3. The van der Waals surface area contributed by atoms with E-state index in [9.17, 15) is 14.4 Å². The fourth-order valence-corrected chi connectivity index (χ4v) is 3.75. The Hall–Kier alpha value is -5.06. The van der Waals surface area contributed by atoms with Crippen LogP contribution in [0.25, 0.3) is 0 Å². The predicted octanol–water partition coefficient (Wildman–Crippen LogP) is 3.16. The van der Waals surface area contributed by atoms with Crippen molar-refractivity contribution in [2.45, 2.75) is 20.3 Å². The Balaban J connectivity index is 1.47. The number of methoxy groups -OCH3 is 3. The first kappa shape index (κ1) is 30.5. The number of benzene rings is 3. The largest absolute Gasteiger partial charge is 0.493 e. The molecule has 0 radical (unpaired) electrons. The first-order valence-corrected chi connectivity index (χ1v) is 12.7. The summed E-state index contributed by atoms with van der Waals surface area (Å²) in [6.07, 6.45) is 1.85. The molecule has 216 valence electrons. The zero-order valence-corrected chi connectivity index (χ0v) is 23.7.